The van der Waals surface area contributed by atoms with E-state index in [0.29, 0.717) is 6.42 Å². The molecule has 10 heavy (non-hydrogen) atoms. The molecule has 4 heteroatoms. The van der Waals surface area contributed by atoms with Crippen molar-refractivity contribution in [3.8, 4) is 0 Å². The second-order valence-corrected chi connectivity index (χ2v) is 2.50. The lowest BCUT2D eigenvalue weighted by molar-refractivity contribution is -0.151. The number of methoxy groups -OCH3 is 1. The fraction of sp³-hybridized carbons (Fsp3) is 0.667. The molecule has 0 saturated carbocycles. The van der Waals surface area contributed by atoms with Gasteiger partial charge in [-0.15, -0.1) is 0 Å². The number of rotatable bonds is 4. The van der Waals surface area contributed by atoms with E-state index in [9.17, 15) is 9.59 Å². The zero-order valence-corrected chi connectivity index (χ0v) is 7.31. The van der Waals surface area contributed by atoms with Crippen LogP contribution in [0.15, 0.2) is 0 Å². The Kier molecular flexibility index (Phi) is 5.20. The summed E-state index contributed by atoms with van der Waals surface area (Å²) in [5.41, 5.74) is 0. The minimum absolute atomic E-state index is 0.262. The number of hydrogen-bond acceptors (Lipinski definition) is 3. The van der Waals surface area contributed by atoms with E-state index in [0.717, 1.165) is 5.33 Å². The van der Waals surface area contributed by atoms with E-state index < -0.39 is 11.8 Å². The standard InChI is InChI=1S/C6H9BrO3/c1-10-6(9)5(8)3-2-4-7/h2-4H2,1H3. The van der Waals surface area contributed by atoms with Gasteiger partial charge < -0.3 is 4.74 Å². The van der Waals surface area contributed by atoms with Crippen LogP contribution in [-0.4, -0.2) is 24.2 Å². The normalized spacial score (nSPS) is 9.00. The monoisotopic (exact) mass is 208 g/mol. The maximum absolute atomic E-state index is 10.6. The number of alkyl halides is 1. The second-order valence-electron chi connectivity index (χ2n) is 1.71. The SMILES string of the molecule is COC(=O)C(=O)CCCBr. The van der Waals surface area contributed by atoms with Crippen LogP contribution in [0.3, 0.4) is 0 Å². The Bertz CT molecular complexity index is 133. The van der Waals surface area contributed by atoms with Crippen molar-refractivity contribution in [2.75, 3.05) is 12.4 Å². The van der Waals surface area contributed by atoms with Crippen LogP contribution in [0.2, 0.25) is 0 Å². The molecule has 0 radical (unpaired) electrons. The molecule has 0 N–H and O–H groups in total. The highest BCUT2D eigenvalue weighted by Crippen LogP contribution is 1.95. The predicted molar refractivity (Wildman–Crippen MR) is 40.1 cm³/mol. The first-order chi connectivity index (χ1) is 4.72. The number of halogens is 1. The van der Waals surface area contributed by atoms with Gasteiger partial charge in [-0.3, -0.25) is 4.79 Å². The second kappa shape index (κ2) is 5.41. The molecule has 0 amide bonds. The van der Waals surface area contributed by atoms with Crippen LogP contribution in [0.5, 0.6) is 0 Å². The Morgan fingerprint density at radius 2 is 2.10 bits per heavy atom. The topological polar surface area (TPSA) is 43.4 Å². The number of hydrogen-bond donors (Lipinski definition) is 0. The maximum Gasteiger partial charge on any atom is 0.374 e. The van der Waals surface area contributed by atoms with Crippen molar-refractivity contribution in [2.24, 2.45) is 0 Å². The number of Topliss-reactive ketones (excluding diaryl/α,β-unsaturated/α-hetero) is 1. The van der Waals surface area contributed by atoms with E-state index in [2.05, 4.69) is 20.7 Å². The van der Waals surface area contributed by atoms with Gasteiger partial charge in [-0.1, -0.05) is 15.9 Å². The summed E-state index contributed by atoms with van der Waals surface area (Å²) in [6.07, 6.45) is 0.936. The highest BCUT2D eigenvalue weighted by molar-refractivity contribution is 9.09. The zero-order chi connectivity index (χ0) is 7.98. The molecule has 0 aliphatic rings. The number of ether oxygens (including phenoxy) is 1. The number of esters is 1. The molecule has 0 aromatic rings. The molecule has 0 atom stereocenters. The van der Waals surface area contributed by atoms with Gasteiger partial charge in [-0.05, 0) is 6.42 Å². The van der Waals surface area contributed by atoms with Gasteiger partial charge in [-0.25, -0.2) is 4.79 Å². The third-order valence-electron chi connectivity index (χ3n) is 0.951. The van der Waals surface area contributed by atoms with Crippen LogP contribution in [0.1, 0.15) is 12.8 Å². The summed E-state index contributed by atoms with van der Waals surface area (Å²) in [6.45, 7) is 0. The first-order valence-corrected chi connectivity index (χ1v) is 4.01. The van der Waals surface area contributed by atoms with Gasteiger partial charge in [0.1, 0.15) is 0 Å². The molecular weight excluding hydrogens is 200 g/mol. The lowest BCUT2D eigenvalue weighted by atomic mass is 10.2. The van der Waals surface area contributed by atoms with Crippen molar-refractivity contribution >= 4 is 27.7 Å². The Morgan fingerprint density at radius 3 is 2.50 bits per heavy atom. The van der Waals surface area contributed by atoms with Crippen LogP contribution in [0, 0.1) is 0 Å². The highest BCUT2D eigenvalue weighted by atomic mass is 79.9. The molecule has 0 fully saturated rings. The van der Waals surface area contributed by atoms with E-state index in [-0.39, 0.29) is 6.42 Å². The molecule has 0 heterocycles. The summed E-state index contributed by atoms with van der Waals surface area (Å²) in [5.74, 6) is -1.21. The van der Waals surface area contributed by atoms with Crippen molar-refractivity contribution in [1.29, 1.82) is 0 Å². The predicted octanol–water partition coefficient (Wildman–Crippen LogP) is 0.904. The van der Waals surface area contributed by atoms with Gasteiger partial charge in [-0.2, -0.15) is 0 Å². The van der Waals surface area contributed by atoms with E-state index >= 15 is 0 Å². The Balaban J connectivity index is 3.52. The van der Waals surface area contributed by atoms with Crippen LogP contribution < -0.4 is 0 Å². The molecule has 0 aromatic carbocycles. The molecule has 0 aliphatic carbocycles. The molecule has 0 unspecified atom stereocenters. The number of carbonyl (C=O) groups is 2. The third kappa shape index (κ3) is 3.61. The van der Waals surface area contributed by atoms with Crippen LogP contribution >= 0.6 is 15.9 Å². The lowest BCUT2D eigenvalue weighted by Crippen LogP contribution is -2.14. The average Bonchev–Trinajstić information content (AvgIpc) is 1.98. The molecule has 0 aliphatic heterocycles. The van der Waals surface area contributed by atoms with E-state index in [1.807, 2.05) is 0 Å². The highest BCUT2D eigenvalue weighted by Gasteiger charge is 2.11. The smallest absolute Gasteiger partial charge is 0.374 e. The molecular formula is C6H9BrO3. The summed E-state index contributed by atoms with van der Waals surface area (Å²) in [4.78, 5) is 21.1. The Morgan fingerprint density at radius 1 is 1.50 bits per heavy atom. The Hall–Kier alpha value is -0.380. The van der Waals surface area contributed by atoms with Gasteiger partial charge in [0, 0.05) is 11.8 Å². The van der Waals surface area contributed by atoms with Crippen molar-refractivity contribution in [1.82, 2.24) is 0 Å². The molecule has 0 aromatic heterocycles. The van der Waals surface area contributed by atoms with Gasteiger partial charge in [0.15, 0.2) is 0 Å². The summed E-state index contributed by atoms with van der Waals surface area (Å²) >= 11 is 3.14. The van der Waals surface area contributed by atoms with Gasteiger partial charge in [0.25, 0.3) is 0 Å². The van der Waals surface area contributed by atoms with E-state index in [4.69, 9.17) is 0 Å². The zero-order valence-electron chi connectivity index (χ0n) is 5.72. The Labute approximate surface area is 67.9 Å². The quantitative estimate of drug-likeness (QED) is 0.392. The summed E-state index contributed by atoms with van der Waals surface area (Å²) in [7, 11) is 1.20. The summed E-state index contributed by atoms with van der Waals surface area (Å²) in [5, 5.41) is 0.732. The maximum atomic E-state index is 10.6. The minimum Gasteiger partial charge on any atom is -0.463 e. The fourth-order valence-corrected chi connectivity index (χ4v) is 0.724. The van der Waals surface area contributed by atoms with Crippen molar-refractivity contribution in [3.05, 3.63) is 0 Å². The van der Waals surface area contributed by atoms with Crippen LogP contribution in [-0.2, 0) is 14.3 Å². The van der Waals surface area contributed by atoms with Crippen molar-refractivity contribution < 1.29 is 14.3 Å². The summed E-state index contributed by atoms with van der Waals surface area (Å²) < 4.78 is 4.21. The van der Waals surface area contributed by atoms with E-state index in [1.54, 1.807) is 0 Å². The van der Waals surface area contributed by atoms with Gasteiger partial charge in [0.2, 0.25) is 5.78 Å². The lowest BCUT2D eigenvalue weighted by Gasteiger charge is -1.94. The van der Waals surface area contributed by atoms with Gasteiger partial charge >= 0.3 is 5.97 Å². The van der Waals surface area contributed by atoms with Crippen molar-refractivity contribution in [2.45, 2.75) is 12.8 Å². The third-order valence-corrected chi connectivity index (χ3v) is 1.51. The molecule has 58 valence electrons. The molecule has 0 spiro atoms. The van der Waals surface area contributed by atoms with Crippen LogP contribution in [0.4, 0.5) is 0 Å². The molecule has 3 nitrogen and oxygen atoms in total. The first kappa shape index (κ1) is 9.62. The number of ketones is 1. The molecule has 0 rings (SSSR count). The van der Waals surface area contributed by atoms with Gasteiger partial charge in [0.05, 0.1) is 7.11 Å². The largest absolute Gasteiger partial charge is 0.463 e. The number of carbonyl (C=O) groups excluding carboxylic acids is 2. The van der Waals surface area contributed by atoms with E-state index in [1.165, 1.54) is 7.11 Å². The minimum atomic E-state index is -0.749. The van der Waals surface area contributed by atoms with Crippen LogP contribution in [0.25, 0.3) is 0 Å². The summed E-state index contributed by atoms with van der Waals surface area (Å²) in [6, 6.07) is 0. The average molecular weight is 209 g/mol. The molecule has 0 bridgehead atoms. The molecule has 0 saturated heterocycles. The fourth-order valence-electron chi connectivity index (χ4n) is 0.443. The first-order valence-electron chi connectivity index (χ1n) is 2.89. The van der Waals surface area contributed by atoms with Crippen molar-refractivity contribution in [3.63, 3.8) is 0 Å².